The molecule has 2 amide bonds. The number of aromatic nitrogens is 4. The second kappa shape index (κ2) is 7.27. The molecule has 2 atom stereocenters. The highest BCUT2D eigenvalue weighted by molar-refractivity contribution is 5.74. The van der Waals surface area contributed by atoms with Crippen molar-refractivity contribution in [1.29, 1.82) is 0 Å². The van der Waals surface area contributed by atoms with E-state index < -0.39 is 0 Å². The summed E-state index contributed by atoms with van der Waals surface area (Å²) in [6.07, 6.45) is 8.81. The lowest BCUT2D eigenvalue weighted by Crippen LogP contribution is -2.44. The van der Waals surface area contributed by atoms with Gasteiger partial charge in [-0.25, -0.2) is 9.48 Å². The van der Waals surface area contributed by atoms with E-state index in [1.807, 2.05) is 11.6 Å². The van der Waals surface area contributed by atoms with Crippen molar-refractivity contribution < 1.29 is 4.79 Å². The molecule has 4 rings (SSSR count). The summed E-state index contributed by atoms with van der Waals surface area (Å²) >= 11 is 0. The van der Waals surface area contributed by atoms with Gasteiger partial charge in [-0.05, 0) is 55.4 Å². The second-order valence-electron chi connectivity index (χ2n) is 7.95. The maximum Gasteiger partial charge on any atom is 0.315 e. The number of urea groups is 1. The molecule has 3 fully saturated rings. The number of likely N-dealkylation sites (tertiary alicyclic amines) is 1. The van der Waals surface area contributed by atoms with Crippen molar-refractivity contribution in [3.05, 3.63) is 5.82 Å². The molecule has 138 valence electrons. The third kappa shape index (κ3) is 4.11. The molecule has 2 aliphatic carbocycles. The van der Waals surface area contributed by atoms with E-state index in [-0.39, 0.29) is 18.1 Å². The number of rotatable bonds is 6. The van der Waals surface area contributed by atoms with Crippen molar-refractivity contribution in [2.45, 2.75) is 70.0 Å². The van der Waals surface area contributed by atoms with E-state index >= 15 is 0 Å². The lowest BCUT2D eigenvalue weighted by Gasteiger charge is -2.21. The average molecular weight is 347 g/mol. The van der Waals surface area contributed by atoms with Crippen LogP contribution in [0.3, 0.4) is 0 Å². The molecule has 8 nitrogen and oxygen atoms in total. The van der Waals surface area contributed by atoms with Crippen molar-refractivity contribution in [2.24, 2.45) is 5.92 Å². The van der Waals surface area contributed by atoms with Gasteiger partial charge in [0.2, 0.25) is 0 Å². The zero-order chi connectivity index (χ0) is 17.2. The number of nitrogens with zero attached hydrogens (tertiary/aromatic N) is 5. The lowest BCUT2D eigenvalue weighted by molar-refractivity contribution is 0.231. The number of nitrogens with one attached hydrogen (secondary N) is 2. The Bertz CT molecular complexity index is 594. The minimum atomic E-state index is -0.188. The maximum atomic E-state index is 12.3. The van der Waals surface area contributed by atoms with Crippen LogP contribution < -0.4 is 10.6 Å². The van der Waals surface area contributed by atoms with E-state index in [9.17, 15) is 4.79 Å². The molecule has 0 bridgehead atoms. The zero-order valence-electron chi connectivity index (χ0n) is 15.0. The molecule has 8 heteroatoms. The summed E-state index contributed by atoms with van der Waals surface area (Å²) in [5.41, 5.74) is 0. The van der Waals surface area contributed by atoms with Gasteiger partial charge in [-0.1, -0.05) is 12.8 Å². The number of carbonyl (C=O) groups excluding carboxylic acids is 1. The smallest absolute Gasteiger partial charge is 0.315 e. The third-order valence-corrected chi connectivity index (χ3v) is 5.74. The number of hydrogen-bond donors (Lipinski definition) is 2. The van der Waals surface area contributed by atoms with Crippen LogP contribution in [-0.4, -0.2) is 56.8 Å². The monoisotopic (exact) mass is 347 g/mol. The molecule has 1 aliphatic heterocycles. The van der Waals surface area contributed by atoms with Crippen molar-refractivity contribution in [2.75, 3.05) is 19.6 Å². The highest BCUT2D eigenvalue weighted by Crippen LogP contribution is 2.35. The Morgan fingerprint density at radius 1 is 1.24 bits per heavy atom. The highest BCUT2D eigenvalue weighted by Gasteiger charge is 2.31. The van der Waals surface area contributed by atoms with Crippen LogP contribution >= 0.6 is 0 Å². The van der Waals surface area contributed by atoms with Crippen LogP contribution in [0.25, 0.3) is 0 Å². The summed E-state index contributed by atoms with van der Waals surface area (Å²) < 4.78 is 1.85. The first-order chi connectivity index (χ1) is 12.2. The molecule has 25 heavy (non-hydrogen) atoms. The van der Waals surface area contributed by atoms with E-state index in [4.69, 9.17) is 0 Å². The Balaban J connectivity index is 1.22. The average Bonchev–Trinajstić information content (AvgIpc) is 3.01. The van der Waals surface area contributed by atoms with Gasteiger partial charge in [0, 0.05) is 25.7 Å². The Kier molecular flexibility index (Phi) is 4.87. The normalized spacial score (nSPS) is 26.0. The minimum Gasteiger partial charge on any atom is -0.334 e. The molecule has 2 N–H and O–H groups in total. The van der Waals surface area contributed by atoms with Gasteiger partial charge in [-0.3, -0.25) is 0 Å². The molecule has 0 aromatic carbocycles. The van der Waals surface area contributed by atoms with Crippen LogP contribution in [0.2, 0.25) is 0 Å². The van der Waals surface area contributed by atoms with Gasteiger partial charge in [0.15, 0.2) is 5.82 Å². The van der Waals surface area contributed by atoms with Crippen LogP contribution in [0, 0.1) is 5.92 Å². The molecule has 2 saturated carbocycles. The Morgan fingerprint density at radius 2 is 2.04 bits per heavy atom. The molecule has 1 saturated heterocycles. The molecule has 0 unspecified atom stereocenters. The summed E-state index contributed by atoms with van der Waals surface area (Å²) in [7, 11) is 0. The largest absolute Gasteiger partial charge is 0.334 e. The van der Waals surface area contributed by atoms with Crippen molar-refractivity contribution in [3.63, 3.8) is 0 Å². The zero-order valence-corrected chi connectivity index (χ0v) is 15.0. The lowest BCUT2D eigenvalue weighted by atomic mass is 10.1. The standard InChI is InChI=1S/C17H29N7O/c1-12(16-20-21-22-24(16)15-6-7-15)18-17(25)19-14-8-9-23(11-14)10-13-4-2-3-5-13/h12-15H,2-11H2,1H3,(H2,18,19,25)/t12-,14+/m1/s1. The van der Waals surface area contributed by atoms with Gasteiger partial charge >= 0.3 is 6.03 Å². The fraction of sp³-hybridized carbons (Fsp3) is 0.882. The van der Waals surface area contributed by atoms with E-state index in [0.717, 1.165) is 44.1 Å². The van der Waals surface area contributed by atoms with Gasteiger partial charge < -0.3 is 15.5 Å². The van der Waals surface area contributed by atoms with Crippen molar-refractivity contribution >= 4 is 6.03 Å². The summed E-state index contributed by atoms with van der Waals surface area (Å²) in [6, 6.07) is 0.349. The first kappa shape index (κ1) is 16.8. The van der Waals surface area contributed by atoms with Gasteiger partial charge in [0.25, 0.3) is 0 Å². The number of carbonyl (C=O) groups is 1. The van der Waals surface area contributed by atoms with E-state index in [2.05, 4.69) is 31.1 Å². The predicted molar refractivity (Wildman–Crippen MR) is 93.0 cm³/mol. The summed E-state index contributed by atoms with van der Waals surface area (Å²) in [6.45, 7) is 5.20. The third-order valence-electron chi connectivity index (χ3n) is 5.74. The number of amides is 2. The summed E-state index contributed by atoms with van der Waals surface area (Å²) in [5.74, 6) is 1.61. The topological polar surface area (TPSA) is 88.0 Å². The van der Waals surface area contributed by atoms with E-state index in [1.54, 1.807) is 0 Å². The van der Waals surface area contributed by atoms with E-state index in [1.165, 1.54) is 32.2 Å². The fourth-order valence-corrected chi connectivity index (χ4v) is 4.23. The second-order valence-corrected chi connectivity index (χ2v) is 7.95. The highest BCUT2D eigenvalue weighted by atomic mass is 16.2. The molecule has 1 aromatic heterocycles. The summed E-state index contributed by atoms with van der Waals surface area (Å²) in [5, 5.41) is 18.0. The van der Waals surface area contributed by atoms with Gasteiger partial charge in [0.05, 0.1) is 12.1 Å². The van der Waals surface area contributed by atoms with Crippen molar-refractivity contribution in [3.8, 4) is 0 Å². The first-order valence-electron chi connectivity index (χ1n) is 9.76. The van der Waals surface area contributed by atoms with Crippen LogP contribution in [0.15, 0.2) is 0 Å². The van der Waals surface area contributed by atoms with Crippen LogP contribution in [-0.2, 0) is 0 Å². The Labute approximate surface area is 148 Å². The Hall–Kier alpha value is -1.70. The van der Waals surface area contributed by atoms with Gasteiger partial charge in [-0.2, -0.15) is 0 Å². The minimum absolute atomic E-state index is 0.120. The number of hydrogen-bond acceptors (Lipinski definition) is 5. The van der Waals surface area contributed by atoms with Gasteiger partial charge in [0.1, 0.15) is 0 Å². The number of tetrazole rings is 1. The van der Waals surface area contributed by atoms with E-state index in [0.29, 0.717) is 6.04 Å². The molecular formula is C17H29N7O. The van der Waals surface area contributed by atoms with Gasteiger partial charge in [-0.15, -0.1) is 5.10 Å². The van der Waals surface area contributed by atoms with Crippen LogP contribution in [0.5, 0.6) is 0 Å². The SMILES string of the molecule is C[C@@H](NC(=O)N[C@H]1CCN(CC2CCCC2)C1)c1nnnn1C1CC1. The van der Waals surface area contributed by atoms with Crippen LogP contribution in [0.4, 0.5) is 4.79 Å². The molecule has 2 heterocycles. The molecule has 3 aliphatic rings. The van der Waals surface area contributed by atoms with Crippen molar-refractivity contribution in [1.82, 2.24) is 35.7 Å². The molecule has 0 spiro atoms. The summed E-state index contributed by atoms with van der Waals surface area (Å²) in [4.78, 5) is 14.8. The molecule has 0 radical (unpaired) electrons. The molecular weight excluding hydrogens is 318 g/mol. The molecule has 1 aromatic rings. The maximum absolute atomic E-state index is 12.3. The predicted octanol–water partition coefficient (Wildman–Crippen LogP) is 1.63. The first-order valence-corrected chi connectivity index (χ1v) is 9.76. The fourth-order valence-electron chi connectivity index (χ4n) is 4.23. The Morgan fingerprint density at radius 3 is 2.80 bits per heavy atom. The quantitative estimate of drug-likeness (QED) is 0.817. The van der Waals surface area contributed by atoms with Crippen LogP contribution in [0.1, 0.15) is 69.8 Å².